The lowest BCUT2D eigenvalue weighted by molar-refractivity contribution is -0.144. The molecule has 1 heterocycles. The normalized spacial score (nSPS) is 11.3. The van der Waals surface area contributed by atoms with Gasteiger partial charge in [-0.1, -0.05) is 12.1 Å². The molecule has 1 aromatic heterocycles. The van der Waals surface area contributed by atoms with Crippen molar-refractivity contribution in [2.24, 2.45) is 0 Å². The summed E-state index contributed by atoms with van der Waals surface area (Å²) in [5.74, 6) is -0.984. The monoisotopic (exact) mass is 296 g/mol. The van der Waals surface area contributed by atoms with Gasteiger partial charge < -0.3 is 10.6 Å². The van der Waals surface area contributed by atoms with E-state index < -0.39 is 12.0 Å². The molecule has 2 N–H and O–H groups in total. The topological polar surface area (TPSA) is 49.8 Å². The first-order valence-electron chi connectivity index (χ1n) is 6.28. The number of halogens is 3. The molecule has 0 bridgehead atoms. The van der Waals surface area contributed by atoms with Crippen molar-refractivity contribution in [2.75, 3.05) is 17.7 Å². The lowest BCUT2D eigenvalue weighted by atomic mass is 10.1. The number of rotatable bonds is 3. The van der Waals surface area contributed by atoms with Gasteiger partial charge in [-0.2, -0.15) is 13.2 Å². The Balaban J connectivity index is 2.42. The van der Waals surface area contributed by atoms with Crippen LogP contribution in [0.5, 0.6) is 0 Å². The second-order valence-electron chi connectivity index (χ2n) is 4.58. The number of aryl methyl sites for hydroxylation is 1. The van der Waals surface area contributed by atoms with Crippen molar-refractivity contribution in [2.45, 2.75) is 20.0 Å². The average molecular weight is 296 g/mol. The molecule has 0 saturated carbocycles. The molecule has 7 heteroatoms. The fourth-order valence-corrected chi connectivity index (χ4v) is 1.79. The molecule has 0 unspecified atom stereocenters. The SMILES string of the molecule is CNc1cc(Nc2cccc(C)c2C)nc(C(F)(F)F)n1. The predicted octanol–water partition coefficient (Wildman–Crippen LogP) is 3.90. The Morgan fingerprint density at radius 2 is 1.71 bits per heavy atom. The summed E-state index contributed by atoms with van der Waals surface area (Å²) in [4.78, 5) is 6.95. The van der Waals surface area contributed by atoms with E-state index in [0.29, 0.717) is 5.69 Å². The molecule has 4 nitrogen and oxygen atoms in total. The number of aromatic nitrogens is 2. The van der Waals surface area contributed by atoms with E-state index >= 15 is 0 Å². The van der Waals surface area contributed by atoms with Gasteiger partial charge in [0.05, 0.1) is 0 Å². The van der Waals surface area contributed by atoms with E-state index in [1.165, 1.54) is 13.1 Å². The minimum Gasteiger partial charge on any atom is -0.373 e. The van der Waals surface area contributed by atoms with Crippen molar-refractivity contribution in [1.82, 2.24) is 9.97 Å². The maximum Gasteiger partial charge on any atom is 0.451 e. The molecule has 0 amide bonds. The number of anilines is 3. The number of nitrogens with zero attached hydrogens (tertiary/aromatic N) is 2. The maximum absolute atomic E-state index is 12.8. The van der Waals surface area contributed by atoms with Crippen molar-refractivity contribution in [3.05, 3.63) is 41.2 Å². The molecule has 0 atom stereocenters. The van der Waals surface area contributed by atoms with E-state index in [1.54, 1.807) is 6.07 Å². The largest absolute Gasteiger partial charge is 0.451 e. The zero-order valence-corrected chi connectivity index (χ0v) is 11.8. The molecule has 0 aliphatic heterocycles. The smallest absolute Gasteiger partial charge is 0.373 e. The summed E-state index contributed by atoms with van der Waals surface area (Å²) >= 11 is 0. The van der Waals surface area contributed by atoms with Gasteiger partial charge in [-0.3, -0.25) is 0 Å². The van der Waals surface area contributed by atoms with E-state index in [2.05, 4.69) is 20.6 Å². The van der Waals surface area contributed by atoms with Crippen molar-refractivity contribution in [1.29, 1.82) is 0 Å². The van der Waals surface area contributed by atoms with Crippen LogP contribution in [0.3, 0.4) is 0 Å². The van der Waals surface area contributed by atoms with Crippen LogP contribution in [0.4, 0.5) is 30.5 Å². The quantitative estimate of drug-likeness (QED) is 0.902. The number of hydrogen-bond donors (Lipinski definition) is 2. The average Bonchev–Trinajstić information content (AvgIpc) is 2.42. The molecule has 1 aromatic carbocycles. The van der Waals surface area contributed by atoms with Crippen LogP contribution in [0.15, 0.2) is 24.3 Å². The lowest BCUT2D eigenvalue weighted by Crippen LogP contribution is -2.13. The predicted molar refractivity (Wildman–Crippen MR) is 75.8 cm³/mol. The van der Waals surface area contributed by atoms with Crippen LogP contribution in [0.25, 0.3) is 0 Å². The van der Waals surface area contributed by atoms with Gasteiger partial charge >= 0.3 is 6.18 Å². The zero-order chi connectivity index (χ0) is 15.6. The van der Waals surface area contributed by atoms with Crippen molar-refractivity contribution < 1.29 is 13.2 Å². The van der Waals surface area contributed by atoms with Gasteiger partial charge in [-0.25, -0.2) is 9.97 Å². The molecule has 0 aliphatic rings. The number of nitrogens with one attached hydrogen (secondary N) is 2. The van der Waals surface area contributed by atoms with Gasteiger partial charge in [0, 0.05) is 18.8 Å². The van der Waals surface area contributed by atoms with Gasteiger partial charge in [0.2, 0.25) is 5.82 Å². The lowest BCUT2D eigenvalue weighted by Gasteiger charge is -2.13. The van der Waals surface area contributed by atoms with Crippen molar-refractivity contribution >= 4 is 17.3 Å². The Hall–Kier alpha value is -2.31. The molecule has 2 rings (SSSR count). The third-order valence-corrected chi connectivity index (χ3v) is 3.10. The second kappa shape index (κ2) is 5.59. The van der Waals surface area contributed by atoms with E-state index in [-0.39, 0.29) is 11.6 Å². The number of alkyl halides is 3. The summed E-state index contributed by atoms with van der Waals surface area (Å²) in [7, 11) is 1.50. The highest BCUT2D eigenvalue weighted by atomic mass is 19.4. The Bertz CT molecular complexity index is 653. The van der Waals surface area contributed by atoms with E-state index in [1.807, 2.05) is 26.0 Å². The Labute approximate surface area is 120 Å². The molecule has 21 heavy (non-hydrogen) atoms. The first kappa shape index (κ1) is 15.1. The summed E-state index contributed by atoms with van der Waals surface area (Å²) in [6.07, 6.45) is -4.59. The fraction of sp³-hybridized carbons (Fsp3) is 0.286. The molecule has 0 aliphatic carbocycles. The number of hydrogen-bond acceptors (Lipinski definition) is 4. The van der Waals surface area contributed by atoms with Crippen LogP contribution in [-0.2, 0) is 6.18 Å². The molecular weight excluding hydrogens is 281 g/mol. The molecule has 112 valence electrons. The minimum atomic E-state index is -4.59. The summed E-state index contributed by atoms with van der Waals surface area (Å²) in [6.45, 7) is 3.82. The van der Waals surface area contributed by atoms with Crippen LogP contribution in [0.1, 0.15) is 17.0 Å². The van der Waals surface area contributed by atoms with Gasteiger partial charge in [-0.05, 0) is 31.0 Å². The van der Waals surface area contributed by atoms with Gasteiger partial charge in [0.25, 0.3) is 0 Å². The van der Waals surface area contributed by atoms with Crippen LogP contribution in [0, 0.1) is 13.8 Å². The molecular formula is C14H15F3N4. The summed E-state index contributed by atoms with van der Waals surface area (Å²) in [5, 5.41) is 5.51. The zero-order valence-electron chi connectivity index (χ0n) is 11.8. The van der Waals surface area contributed by atoms with E-state index in [9.17, 15) is 13.2 Å². The van der Waals surface area contributed by atoms with Gasteiger partial charge in [-0.15, -0.1) is 0 Å². The van der Waals surface area contributed by atoms with Crippen LogP contribution in [0.2, 0.25) is 0 Å². The highest BCUT2D eigenvalue weighted by molar-refractivity contribution is 5.63. The van der Waals surface area contributed by atoms with Gasteiger partial charge in [0.1, 0.15) is 11.6 Å². The standard InChI is InChI=1S/C14H15F3N4/c1-8-5-4-6-10(9(8)2)19-12-7-11(18-3)20-13(21-12)14(15,16)17/h4-7H,1-3H3,(H2,18,19,20,21). The van der Waals surface area contributed by atoms with E-state index in [0.717, 1.165) is 11.1 Å². The van der Waals surface area contributed by atoms with Crippen molar-refractivity contribution in [3.63, 3.8) is 0 Å². The Kier molecular flexibility index (Phi) is 4.02. The highest BCUT2D eigenvalue weighted by Crippen LogP contribution is 2.29. The Morgan fingerprint density at radius 3 is 2.33 bits per heavy atom. The minimum absolute atomic E-state index is 0.0929. The van der Waals surface area contributed by atoms with Crippen molar-refractivity contribution in [3.8, 4) is 0 Å². The van der Waals surface area contributed by atoms with Crippen LogP contribution >= 0.6 is 0 Å². The van der Waals surface area contributed by atoms with Crippen LogP contribution in [-0.4, -0.2) is 17.0 Å². The molecule has 0 saturated heterocycles. The third-order valence-electron chi connectivity index (χ3n) is 3.10. The summed E-state index contributed by atoms with van der Waals surface area (Å²) in [6, 6.07) is 6.98. The van der Waals surface area contributed by atoms with E-state index in [4.69, 9.17) is 0 Å². The Morgan fingerprint density at radius 1 is 1.05 bits per heavy atom. The molecule has 2 aromatic rings. The summed E-state index contributed by atoms with van der Waals surface area (Å²) < 4.78 is 38.4. The molecule has 0 fully saturated rings. The van der Waals surface area contributed by atoms with Crippen LogP contribution < -0.4 is 10.6 Å². The third kappa shape index (κ3) is 3.42. The number of benzene rings is 1. The highest BCUT2D eigenvalue weighted by Gasteiger charge is 2.35. The van der Waals surface area contributed by atoms with Gasteiger partial charge in [0.15, 0.2) is 0 Å². The molecule has 0 radical (unpaired) electrons. The molecule has 0 spiro atoms. The second-order valence-corrected chi connectivity index (χ2v) is 4.58. The summed E-state index contributed by atoms with van der Waals surface area (Å²) in [5.41, 5.74) is 2.71. The maximum atomic E-state index is 12.8. The fourth-order valence-electron chi connectivity index (χ4n) is 1.79. The first-order chi connectivity index (χ1) is 9.81. The first-order valence-corrected chi connectivity index (χ1v) is 6.28.